The molecule has 0 saturated carbocycles. The molecule has 0 aliphatic rings. The second kappa shape index (κ2) is 6.13. The van der Waals surface area contributed by atoms with Crippen molar-refractivity contribution in [2.24, 2.45) is 0 Å². The number of aryl methyl sites for hydroxylation is 2. The monoisotopic (exact) mass is 308 g/mol. The van der Waals surface area contributed by atoms with Crippen molar-refractivity contribution in [3.05, 3.63) is 39.9 Å². The van der Waals surface area contributed by atoms with Crippen LogP contribution in [0.2, 0.25) is 5.02 Å². The van der Waals surface area contributed by atoms with Gasteiger partial charge in [-0.2, -0.15) is 0 Å². The Morgan fingerprint density at radius 1 is 1.43 bits per heavy atom. The van der Waals surface area contributed by atoms with Gasteiger partial charge in [0, 0.05) is 18.8 Å². The Morgan fingerprint density at radius 3 is 2.67 bits per heavy atom. The average molecular weight is 309 g/mol. The fourth-order valence-corrected chi connectivity index (χ4v) is 2.47. The van der Waals surface area contributed by atoms with E-state index in [9.17, 15) is 4.79 Å². The van der Waals surface area contributed by atoms with E-state index in [1.165, 1.54) is 6.20 Å². The second-order valence-corrected chi connectivity index (χ2v) is 5.14. The first-order chi connectivity index (χ1) is 9.93. The maximum atomic E-state index is 12.2. The molecule has 112 valence electrons. The van der Waals surface area contributed by atoms with E-state index in [1.807, 2.05) is 20.8 Å². The molecular weight excluding hydrogens is 292 g/mol. The number of carbonyl (C=O) groups is 1. The number of aromatic nitrogens is 2. The zero-order valence-electron chi connectivity index (χ0n) is 12.3. The molecule has 0 radical (unpaired) electrons. The third-order valence-electron chi connectivity index (χ3n) is 3.21. The van der Waals surface area contributed by atoms with E-state index in [4.69, 9.17) is 16.1 Å². The fraction of sp³-hybridized carbons (Fsp3) is 0.357. The Hall–Kier alpha value is -2.08. The predicted octanol–water partition coefficient (Wildman–Crippen LogP) is 2.87. The summed E-state index contributed by atoms with van der Waals surface area (Å²) >= 11 is 6.03. The maximum Gasteiger partial charge on any atom is 0.253 e. The quantitative estimate of drug-likeness (QED) is 0.908. The van der Waals surface area contributed by atoms with Crippen LogP contribution in [0.5, 0.6) is 0 Å². The van der Waals surface area contributed by atoms with Crippen LogP contribution in [0.1, 0.15) is 40.3 Å². The van der Waals surface area contributed by atoms with E-state index in [0.717, 1.165) is 11.3 Å². The van der Waals surface area contributed by atoms with Gasteiger partial charge in [-0.25, -0.2) is 4.98 Å². The first kappa shape index (κ1) is 15.3. The molecule has 0 aliphatic heterocycles. The van der Waals surface area contributed by atoms with E-state index < -0.39 is 0 Å². The number of hydrogen-bond donors (Lipinski definition) is 2. The summed E-state index contributed by atoms with van der Waals surface area (Å²) < 4.78 is 5.11. The van der Waals surface area contributed by atoms with Gasteiger partial charge in [0.05, 0.1) is 22.3 Å². The molecule has 0 saturated heterocycles. The maximum absolute atomic E-state index is 12.2. The van der Waals surface area contributed by atoms with Crippen LogP contribution in [0.15, 0.2) is 16.8 Å². The van der Waals surface area contributed by atoms with Gasteiger partial charge in [-0.15, -0.1) is 0 Å². The molecular formula is C14H17ClN4O2. The number of halogens is 1. The molecule has 2 heterocycles. The van der Waals surface area contributed by atoms with Crippen LogP contribution in [-0.4, -0.2) is 23.1 Å². The third kappa shape index (κ3) is 3.16. The summed E-state index contributed by atoms with van der Waals surface area (Å²) in [7, 11) is 1.72. The van der Waals surface area contributed by atoms with Gasteiger partial charge in [-0.3, -0.25) is 4.79 Å². The Morgan fingerprint density at radius 2 is 2.14 bits per heavy atom. The van der Waals surface area contributed by atoms with Crippen molar-refractivity contribution in [2.45, 2.75) is 26.8 Å². The largest absolute Gasteiger partial charge is 0.372 e. The predicted molar refractivity (Wildman–Crippen MR) is 80.7 cm³/mol. The number of hydrogen-bond acceptors (Lipinski definition) is 5. The topological polar surface area (TPSA) is 80.0 Å². The summed E-state index contributed by atoms with van der Waals surface area (Å²) in [4.78, 5) is 16.3. The molecule has 0 aliphatic carbocycles. The smallest absolute Gasteiger partial charge is 0.253 e. The molecule has 1 atom stereocenters. The lowest BCUT2D eigenvalue weighted by molar-refractivity contribution is 0.0939. The Balaban J connectivity index is 2.16. The van der Waals surface area contributed by atoms with Gasteiger partial charge in [0.2, 0.25) is 0 Å². The highest BCUT2D eigenvalue weighted by Gasteiger charge is 2.19. The summed E-state index contributed by atoms with van der Waals surface area (Å²) in [5.74, 6) is 0.980. The highest BCUT2D eigenvalue weighted by Crippen LogP contribution is 2.23. The number of carbonyl (C=O) groups excluding carboxylic acids is 1. The van der Waals surface area contributed by atoms with E-state index in [1.54, 1.807) is 13.1 Å². The lowest BCUT2D eigenvalue weighted by Gasteiger charge is -2.14. The lowest BCUT2D eigenvalue weighted by Crippen LogP contribution is -2.27. The molecule has 0 fully saturated rings. The summed E-state index contributed by atoms with van der Waals surface area (Å²) in [6, 6.07) is 1.36. The van der Waals surface area contributed by atoms with Gasteiger partial charge in [-0.05, 0) is 26.8 Å². The highest BCUT2D eigenvalue weighted by atomic mass is 35.5. The van der Waals surface area contributed by atoms with Gasteiger partial charge in [-0.1, -0.05) is 16.8 Å². The van der Waals surface area contributed by atoms with Gasteiger partial charge in [0.1, 0.15) is 11.6 Å². The van der Waals surface area contributed by atoms with Gasteiger partial charge in [0.15, 0.2) is 0 Å². The van der Waals surface area contributed by atoms with Gasteiger partial charge >= 0.3 is 0 Å². The average Bonchev–Trinajstić information content (AvgIpc) is 2.77. The second-order valence-electron chi connectivity index (χ2n) is 4.74. The highest BCUT2D eigenvalue weighted by molar-refractivity contribution is 6.33. The first-order valence-electron chi connectivity index (χ1n) is 6.51. The molecule has 2 aromatic heterocycles. The SMILES string of the molecule is CNc1ncc(C(=O)NC(C)c2c(C)noc2C)cc1Cl. The number of amides is 1. The molecule has 7 heteroatoms. The molecule has 6 nitrogen and oxygen atoms in total. The Labute approximate surface area is 127 Å². The van der Waals surface area contributed by atoms with Crippen LogP contribution in [0.4, 0.5) is 5.82 Å². The zero-order valence-corrected chi connectivity index (χ0v) is 13.1. The standard InChI is InChI=1S/C14H17ClN4O2/c1-7(12-8(2)19-21-9(12)3)18-14(20)10-5-11(15)13(16-4)17-6-10/h5-7H,1-4H3,(H,16,17)(H,18,20). The van der Waals surface area contributed by atoms with Crippen LogP contribution in [0.3, 0.4) is 0 Å². The van der Waals surface area contributed by atoms with Crippen molar-refractivity contribution in [3.63, 3.8) is 0 Å². The fourth-order valence-electron chi connectivity index (χ4n) is 2.21. The summed E-state index contributed by atoms with van der Waals surface area (Å²) in [5, 5.41) is 10.0. The van der Waals surface area contributed by atoms with Crippen molar-refractivity contribution in [1.82, 2.24) is 15.5 Å². The summed E-state index contributed by atoms with van der Waals surface area (Å²) in [5.41, 5.74) is 2.05. The normalized spacial score (nSPS) is 12.0. The van der Waals surface area contributed by atoms with Crippen LogP contribution < -0.4 is 10.6 Å². The molecule has 0 aromatic carbocycles. The lowest BCUT2D eigenvalue weighted by atomic mass is 10.1. The van der Waals surface area contributed by atoms with Crippen LogP contribution in [0, 0.1) is 13.8 Å². The molecule has 1 unspecified atom stereocenters. The van der Waals surface area contributed by atoms with Gasteiger partial charge in [0.25, 0.3) is 5.91 Å². The van der Waals surface area contributed by atoms with Crippen molar-refractivity contribution in [2.75, 3.05) is 12.4 Å². The minimum atomic E-state index is -0.250. The van der Waals surface area contributed by atoms with E-state index >= 15 is 0 Å². The van der Waals surface area contributed by atoms with Crippen molar-refractivity contribution in [1.29, 1.82) is 0 Å². The molecule has 2 rings (SSSR count). The Kier molecular flexibility index (Phi) is 4.47. The molecule has 0 spiro atoms. The molecule has 2 aromatic rings. The van der Waals surface area contributed by atoms with E-state index in [-0.39, 0.29) is 11.9 Å². The van der Waals surface area contributed by atoms with Gasteiger partial charge < -0.3 is 15.2 Å². The van der Waals surface area contributed by atoms with Crippen molar-refractivity contribution in [3.8, 4) is 0 Å². The van der Waals surface area contributed by atoms with Crippen LogP contribution in [-0.2, 0) is 0 Å². The minimum absolute atomic E-state index is 0.216. The number of nitrogens with one attached hydrogen (secondary N) is 2. The third-order valence-corrected chi connectivity index (χ3v) is 3.50. The number of anilines is 1. The number of rotatable bonds is 4. The number of pyridine rings is 1. The van der Waals surface area contributed by atoms with Crippen molar-refractivity contribution < 1.29 is 9.32 Å². The zero-order chi connectivity index (χ0) is 15.6. The van der Waals surface area contributed by atoms with E-state index in [0.29, 0.717) is 22.2 Å². The minimum Gasteiger partial charge on any atom is -0.372 e. The first-order valence-corrected chi connectivity index (χ1v) is 6.88. The molecule has 0 bridgehead atoms. The van der Waals surface area contributed by atoms with E-state index in [2.05, 4.69) is 20.8 Å². The number of nitrogens with zero attached hydrogens (tertiary/aromatic N) is 2. The molecule has 21 heavy (non-hydrogen) atoms. The molecule has 2 N–H and O–H groups in total. The van der Waals surface area contributed by atoms with Crippen LogP contribution >= 0.6 is 11.6 Å². The summed E-state index contributed by atoms with van der Waals surface area (Å²) in [6.45, 7) is 5.54. The Bertz CT molecular complexity index is 649. The molecule has 1 amide bonds. The van der Waals surface area contributed by atoms with Crippen LogP contribution in [0.25, 0.3) is 0 Å². The van der Waals surface area contributed by atoms with Crippen molar-refractivity contribution >= 4 is 23.3 Å². The summed E-state index contributed by atoms with van der Waals surface area (Å²) in [6.07, 6.45) is 1.48.